The highest BCUT2D eigenvalue weighted by Crippen LogP contribution is 2.39. The van der Waals surface area contributed by atoms with E-state index in [0.29, 0.717) is 30.9 Å². The molecule has 1 aromatic rings. The molecule has 0 radical (unpaired) electrons. The summed E-state index contributed by atoms with van der Waals surface area (Å²) in [6.45, 7) is 0.801. The maximum atomic E-state index is 11.1. The van der Waals surface area contributed by atoms with Crippen LogP contribution in [-0.4, -0.2) is 49.3 Å². The van der Waals surface area contributed by atoms with Crippen LogP contribution in [-0.2, 0) is 10.0 Å². The number of nitrogens with one attached hydrogen (secondary N) is 1. The van der Waals surface area contributed by atoms with Crippen LogP contribution in [0.25, 0.3) is 0 Å². The van der Waals surface area contributed by atoms with E-state index in [1.165, 1.54) is 17.6 Å². The smallest absolute Gasteiger partial charge is 0.315 e. The van der Waals surface area contributed by atoms with Crippen LogP contribution in [0.15, 0.2) is 4.42 Å². The predicted molar refractivity (Wildman–Crippen MR) is 62.2 cm³/mol. The van der Waals surface area contributed by atoms with Gasteiger partial charge in [-0.3, -0.25) is 0 Å². The molecule has 0 saturated heterocycles. The lowest BCUT2D eigenvalue weighted by molar-refractivity contribution is 0.477. The van der Waals surface area contributed by atoms with Crippen LogP contribution >= 0.6 is 0 Å². The zero-order valence-electron chi connectivity index (χ0n) is 9.88. The van der Waals surface area contributed by atoms with Crippen LogP contribution < -0.4 is 5.32 Å². The molecular formula is C9H16N4O3S. The largest absolute Gasteiger partial charge is 0.408 e. The Balaban J connectivity index is 1.77. The topological polar surface area (TPSA) is 88.3 Å². The lowest BCUT2D eigenvalue weighted by Crippen LogP contribution is -2.30. The van der Waals surface area contributed by atoms with Crippen molar-refractivity contribution in [3.8, 4) is 0 Å². The van der Waals surface area contributed by atoms with Gasteiger partial charge in [-0.25, -0.2) is 12.7 Å². The molecule has 0 unspecified atom stereocenters. The SMILES string of the molecule is CN(CCNc1nnc(C2CC2)o1)S(C)(=O)=O. The second-order valence-electron chi connectivity index (χ2n) is 4.23. The molecule has 1 aromatic heterocycles. The van der Waals surface area contributed by atoms with Crippen LogP contribution in [0.3, 0.4) is 0 Å². The minimum atomic E-state index is -3.13. The summed E-state index contributed by atoms with van der Waals surface area (Å²) < 4.78 is 28.9. The first-order valence-corrected chi connectivity index (χ1v) is 7.30. The van der Waals surface area contributed by atoms with E-state index in [-0.39, 0.29) is 0 Å². The fourth-order valence-electron chi connectivity index (χ4n) is 1.29. The van der Waals surface area contributed by atoms with Crippen LogP contribution in [0.4, 0.5) is 6.01 Å². The highest BCUT2D eigenvalue weighted by Gasteiger charge is 2.29. The Morgan fingerprint density at radius 2 is 2.18 bits per heavy atom. The van der Waals surface area contributed by atoms with E-state index in [9.17, 15) is 8.42 Å². The molecule has 7 nitrogen and oxygen atoms in total. The molecule has 0 aromatic carbocycles. The summed E-state index contributed by atoms with van der Waals surface area (Å²) in [5, 5.41) is 10.7. The van der Waals surface area contributed by atoms with E-state index in [1.807, 2.05) is 0 Å². The highest BCUT2D eigenvalue weighted by molar-refractivity contribution is 7.88. The molecule has 1 aliphatic rings. The monoisotopic (exact) mass is 260 g/mol. The molecule has 0 spiro atoms. The van der Waals surface area contributed by atoms with Gasteiger partial charge in [-0.05, 0) is 12.8 Å². The molecule has 1 aliphatic carbocycles. The van der Waals surface area contributed by atoms with Gasteiger partial charge in [0.05, 0.1) is 6.26 Å². The summed E-state index contributed by atoms with van der Waals surface area (Å²) in [7, 11) is -1.60. The first-order chi connectivity index (χ1) is 7.97. The molecule has 1 fully saturated rings. The van der Waals surface area contributed by atoms with Crippen molar-refractivity contribution in [3.05, 3.63) is 5.89 Å². The minimum absolute atomic E-state index is 0.355. The summed E-state index contributed by atoms with van der Waals surface area (Å²) in [4.78, 5) is 0. The van der Waals surface area contributed by atoms with E-state index in [1.54, 1.807) is 0 Å². The second-order valence-corrected chi connectivity index (χ2v) is 6.32. The van der Waals surface area contributed by atoms with Crippen molar-refractivity contribution in [2.24, 2.45) is 0 Å². The lowest BCUT2D eigenvalue weighted by atomic mass is 10.4. The van der Waals surface area contributed by atoms with Crippen LogP contribution in [0.1, 0.15) is 24.7 Å². The third-order valence-corrected chi connectivity index (χ3v) is 3.95. The van der Waals surface area contributed by atoms with Gasteiger partial charge in [0.2, 0.25) is 15.9 Å². The van der Waals surface area contributed by atoms with E-state index < -0.39 is 10.0 Å². The van der Waals surface area contributed by atoms with Crippen molar-refractivity contribution in [1.82, 2.24) is 14.5 Å². The number of hydrogen-bond acceptors (Lipinski definition) is 6. The van der Waals surface area contributed by atoms with Gasteiger partial charge in [0.1, 0.15) is 0 Å². The molecule has 2 rings (SSSR count). The molecule has 8 heteroatoms. The lowest BCUT2D eigenvalue weighted by Gasteiger charge is -2.13. The van der Waals surface area contributed by atoms with Gasteiger partial charge in [-0.15, -0.1) is 5.10 Å². The molecule has 0 bridgehead atoms. The summed E-state index contributed by atoms with van der Waals surface area (Å²) in [6.07, 6.45) is 3.39. The highest BCUT2D eigenvalue weighted by atomic mass is 32.2. The average Bonchev–Trinajstić information content (AvgIpc) is 2.98. The average molecular weight is 260 g/mol. The number of likely N-dealkylation sites (N-methyl/N-ethyl adjacent to an activating group) is 1. The van der Waals surface area contributed by atoms with Crippen LogP contribution in [0.5, 0.6) is 0 Å². The van der Waals surface area contributed by atoms with E-state index in [2.05, 4.69) is 15.5 Å². The quantitative estimate of drug-likeness (QED) is 0.788. The molecule has 0 amide bonds. The number of hydrogen-bond donors (Lipinski definition) is 1. The Labute approximate surface area is 100 Å². The Morgan fingerprint density at radius 1 is 1.47 bits per heavy atom. The molecule has 0 atom stereocenters. The van der Waals surface area contributed by atoms with Gasteiger partial charge < -0.3 is 9.73 Å². The van der Waals surface area contributed by atoms with Crippen molar-refractivity contribution < 1.29 is 12.8 Å². The van der Waals surface area contributed by atoms with Crippen LogP contribution in [0.2, 0.25) is 0 Å². The summed E-state index contributed by atoms with van der Waals surface area (Å²) >= 11 is 0. The zero-order chi connectivity index (χ0) is 12.5. The number of nitrogens with zero attached hydrogens (tertiary/aromatic N) is 3. The van der Waals surface area contributed by atoms with Gasteiger partial charge in [0.15, 0.2) is 0 Å². The predicted octanol–water partition coefficient (Wildman–Crippen LogP) is 0.250. The molecule has 96 valence electrons. The molecular weight excluding hydrogens is 244 g/mol. The molecule has 17 heavy (non-hydrogen) atoms. The van der Waals surface area contributed by atoms with Gasteiger partial charge in [-0.1, -0.05) is 5.10 Å². The summed E-state index contributed by atoms with van der Waals surface area (Å²) in [6, 6.07) is 0.355. The normalized spacial score (nSPS) is 16.4. The van der Waals surface area contributed by atoms with Crippen molar-refractivity contribution in [3.63, 3.8) is 0 Å². The van der Waals surface area contributed by atoms with Gasteiger partial charge in [0.25, 0.3) is 0 Å². The number of aromatic nitrogens is 2. The van der Waals surface area contributed by atoms with E-state index in [4.69, 9.17) is 4.42 Å². The third kappa shape index (κ3) is 3.40. The summed E-state index contributed by atoms with van der Waals surface area (Å²) in [5.41, 5.74) is 0. The Bertz CT molecular complexity index is 480. The number of sulfonamides is 1. The van der Waals surface area contributed by atoms with Crippen molar-refractivity contribution in [1.29, 1.82) is 0 Å². The van der Waals surface area contributed by atoms with Crippen molar-refractivity contribution in [2.75, 3.05) is 31.7 Å². The van der Waals surface area contributed by atoms with Gasteiger partial charge in [0, 0.05) is 26.1 Å². The second kappa shape index (κ2) is 4.61. The Morgan fingerprint density at radius 3 is 2.76 bits per heavy atom. The van der Waals surface area contributed by atoms with E-state index >= 15 is 0 Å². The molecule has 1 N–H and O–H groups in total. The molecule has 1 saturated carbocycles. The van der Waals surface area contributed by atoms with Gasteiger partial charge >= 0.3 is 6.01 Å². The maximum absolute atomic E-state index is 11.1. The molecule has 1 heterocycles. The Hall–Kier alpha value is -1.15. The third-order valence-electron chi connectivity index (χ3n) is 2.64. The van der Waals surface area contributed by atoms with E-state index in [0.717, 1.165) is 12.8 Å². The minimum Gasteiger partial charge on any atom is -0.408 e. The first kappa shape index (κ1) is 12.3. The zero-order valence-corrected chi connectivity index (χ0v) is 10.7. The molecule has 0 aliphatic heterocycles. The maximum Gasteiger partial charge on any atom is 0.315 e. The van der Waals surface area contributed by atoms with Gasteiger partial charge in [-0.2, -0.15) is 0 Å². The standard InChI is InChI=1S/C9H16N4O3S/c1-13(17(2,14)15)6-5-10-9-12-11-8(16-9)7-3-4-7/h7H,3-6H2,1-2H3,(H,10,12). The Kier molecular flexibility index (Phi) is 3.34. The first-order valence-electron chi connectivity index (χ1n) is 5.45. The fourth-order valence-corrected chi connectivity index (χ4v) is 1.71. The fraction of sp³-hybridized carbons (Fsp3) is 0.778. The van der Waals surface area contributed by atoms with Crippen LogP contribution in [0, 0.1) is 0 Å². The number of rotatable bonds is 6. The number of anilines is 1. The summed E-state index contributed by atoms with van der Waals surface area (Å²) in [5.74, 6) is 1.10. The van der Waals surface area contributed by atoms with Crippen molar-refractivity contribution in [2.45, 2.75) is 18.8 Å². The van der Waals surface area contributed by atoms with Crippen molar-refractivity contribution >= 4 is 16.0 Å².